The number of aromatic amines is 1. The van der Waals surface area contributed by atoms with Gasteiger partial charge in [0.25, 0.3) is 0 Å². The van der Waals surface area contributed by atoms with Crippen molar-refractivity contribution in [2.45, 2.75) is 12.5 Å². The van der Waals surface area contributed by atoms with Crippen LogP contribution in [0.25, 0.3) is 6.08 Å². The van der Waals surface area contributed by atoms with E-state index in [-0.39, 0.29) is 11.7 Å². The van der Waals surface area contributed by atoms with Gasteiger partial charge in [-0.3, -0.25) is 9.97 Å². The van der Waals surface area contributed by atoms with Crippen LogP contribution in [-0.2, 0) is 6.42 Å². The Hall–Kier alpha value is -3.29. The molecule has 1 unspecified atom stereocenters. The van der Waals surface area contributed by atoms with E-state index in [4.69, 9.17) is 5.73 Å². The zero-order valence-electron chi connectivity index (χ0n) is 13.3. The largest absolute Gasteiger partial charge is 0.400 e. The number of nitrogens with two attached hydrogens (primary N) is 1. The maximum atomic E-state index is 14.0. The van der Waals surface area contributed by atoms with Crippen molar-refractivity contribution >= 4 is 11.9 Å². The summed E-state index contributed by atoms with van der Waals surface area (Å²) in [7, 11) is 0. The van der Waals surface area contributed by atoms with Crippen molar-refractivity contribution in [3.05, 3.63) is 71.8 Å². The van der Waals surface area contributed by atoms with Gasteiger partial charge in [-0.25, -0.2) is 14.4 Å². The average molecular weight is 337 g/mol. The molecule has 0 aromatic carbocycles. The van der Waals surface area contributed by atoms with Crippen molar-refractivity contribution in [1.29, 1.82) is 0 Å². The first-order valence-electron chi connectivity index (χ1n) is 7.86. The Morgan fingerprint density at radius 1 is 1.28 bits per heavy atom. The lowest BCUT2D eigenvalue weighted by Crippen LogP contribution is -2.39. The van der Waals surface area contributed by atoms with Gasteiger partial charge in [0.15, 0.2) is 0 Å². The van der Waals surface area contributed by atoms with Crippen LogP contribution in [-0.4, -0.2) is 31.5 Å². The van der Waals surface area contributed by atoms with E-state index in [9.17, 15) is 4.39 Å². The van der Waals surface area contributed by atoms with E-state index in [1.165, 1.54) is 12.3 Å². The number of nitrogens with one attached hydrogen (secondary N) is 1. The Morgan fingerprint density at radius 2 is 2.20 bits per heavy atom. The van der Waals surface area contributed by atoms with Gasteiger partial charge in [0.1, 0.15) is 23.4 Å². The van der Waals surface area contributed by atoms with E-state index in [1.54, 1.807) is 37.1 Å². The number of fused-ring (bicyclic) bond motifs is 1. The molecule has 3 N–H and O–H groups in total. The number of anilines is 1. The molecule has 126 valence electrons. The molecule has 0 radical (unpaired) electrons. The fourth-order valence-electron chi connectivity index (χ4n) is 3.04. The molecule has 0 aliphatic carbocycles. The highest BCUT2D eigenvalue weighted by Crippen LogP contribution is 2.34. The average Bonchev–Trinajstić information content (AvgIpc) is 3.12. The summed E-state index contributed by atoms with van der Waals surface area (Å²) in [6.07, 6.45) is 10.4. The van der Waals surface area contributed by atoms with Gasteiger partial charge in [0.05, 0.1) is 18.2 Å². The maximum Gasteiger partial charge on any atom is 0.148 e. The van der Waals surface area contributed by atoms with Crippen LogP contribution in [0.1, 0.15) is 23.1 Å². The quantitative estimate of drug-likeness (QED) is 0.757. The zero-order valence-corrected chi connectivity index (χ0v) is 13.3. The minimum absolute atomic E-state index is 0.196. The molecule has 1 aliphatic rings. The van der Waals surface area contributed by atoms with Crippen molar-refractivity contribution < 1.29 is 4.39 Å². The predicted molar refractivity (Wildman–Crippen MR) is 90.8 cm³/mol. The molecular weight excluding hydrogens is 321 g/mol. The van der Waals surface area contributed by atoms with E-state index >= 15 is 0 Å². The number of nitrogens with zero attached hydrogens (tertiary/aromatic N) is 5. The number of imidazole rings is 1. The molecule has 3 aromatic heterocycles. The summed E-state index contributed by atoms with van der Waals surface area (Å²) in [4.78, 5) is 22.1. The van der Waals surface area contributed by atoms with Gasteiger partial charge >= 0.3 is 0 Å². The number of aromatic nitrogens is 5. The Morgan fingerprint density at radius 3 is 3.00 bits per heavy atom. The van der Waals surface area contributed by atoms with Crippen LogP contribution in [0, 0.1) is 5.82 Å². The number of halogens is 1. The second-order valence-electron chi connectivity index (χ2n) is 5.69. The SMILES string of the molecule is N/C(=C\c1ncccc1F)C1c2nc[nH]c2CCN1c1cnccn1. The lowest BCUT2D eigenvalue weighted by Gasteiger charge is -2.35. The molecule has 1 atom stereocenters. The lowest BCUT2D eigenvalue weighted by atomic mass is 9.99. The Kier molecular flexibility index (Phi) is 3.85. The summed E-state index contributed by atoms with van der Waals surface area (Å²) < 4.78 is 14.0. The van der Waals surface area contributed by atoms with Gasteiger partial charge in [-0.15, -0.1) is 0 Å². The van der Waals surface area contributed by atoms with Crippen LogP contribution in [0.15, 0.2) is 48.9 Å². The maximum absolute atomic E-state index is 14.0. The third-order valence-corrected chi connectivity index (χ3v) is 4.17. The number of pyridine rings is 1. The molecule has 0 spiro atoms. The van der Waals surface area contributed by atoms with Crippen molar-refractivity contribution in [3.63, 3.8) is 0 Å². The molecule has 3 aromatic rings. The molecule has 7 nitrogen and oxygen atoms in total. The van der Waals surface area contributed by atoms with Crippen molar-refractivity contribution in [2.24, 2.45) is 5.73 Å². The second-order valence-corrected chi connectivity index (χ2v) is 5.69. The molecule has 4 heterocycles. The minimum atomic E-state index is -0.422. The third kappa shape index (κ3) is 2.82. The Labute approximate surface area is 143 Å². The standard InChI is InChI=1S/C17H16FN7/c18-11-2-1-4-21-14(11)8-12(19)17-16-13(23-10-24-16)3-7-25(17)15-9-20-5-6-22-15/h1-2,4-6,8-10,17H,3,7,19H2,(H,23,24)/b12-8-. The number of hydrogen-bond acceptors (Lipinski definition) is 6. The van der Waals surface area contributed by atoms with E-state index in [1.807, 2.05) is 4.90 Å². The van der Waals surface area contributed by atoms with Crippen LogP contribution < -0.4 is 10.6 Å². The third-order valence-electron chi connectivity index (χ3n) is 4.17. The number of hydrogen-bond donors (Lipinski definition) is 2. The topological polar surface area (TPSA) is 96.6 Å². The van der Waals surface area contributed by atoms with Crippen LogP contribution in [0.5, 0.6) is 0 Å². The molecule has 0 saturated heterocycles. The fourth-order valence-corrected chi connectivity index (χ4v) is 3.04. The Balaban J connectivity index is 1.79. The lowest BCUT2D eigenvalue weighted by molar-refractivity contribution is 0.609. The van der Waals surface area contributed by atoms with E-state index in [2.05, 4.69) is 24.9 Å². The first-order chi connectivity index (χ1) is 12.2. The van der Waals surface area contributed by atoms with Crippen LogP contribution in [0.2, 0.25) is 0 Å². The van der Waals surface area contributed by atoms with Gasteiger partial charge < -0.3 is 15.6 Å². The van der Waals surface area contributed by atoms with Crippen molar-refractivity contribution in [2.75, 3.05) is 11.4 Å². The molecule has 8 heteroatoms. The highest BCUT2D eigenvalue weighted by molar-refractivity contribution is 5.56. The predicted octanol–water partition coefficient (Wildman–Crippen LogP) is 1.84. The summed E-state index contributed by atoms with van der Waals surface area (Å²) in [5.74, 6) is 0.272. The van der Waals surface area contributed by atoms with E-state index in [0.29, 0.717) is 18.1 Å². The summed E-state index contributed by atoms with van der Waals surface area (Å²) in [6.45, 7) is 0.692. The summed E-state index contributed by atoms with van der Waals surface area (Å²) in [6, 6.07) is 2.53. The molecule has 25 heavy (non-hydrogen) atoms. The molecule has 0 bridgehead atoms. The zero-order chi connectivity index (χ0) is 17.2. The van der Waals surface area contributed by atoms with Crippen molar-refractivity contribution in [3.8, 4) is 0 Å². The molecule has 1 aliphatic heterocycles. The smallest absolute Gasteiger partial charge is 0.148 e. The molecule has 4 rings (SSSR count). The first-order valence-corrected chi connectivity index (χ1v) is 7.86. The molecular formula is C17H16FN7. The Bertz CT molecular complexity index is 906. The highest BCUT2D eigenvalue weighted by Gasteiger charge is 2.32. The summed E-state index contributed by atoms with van der Waals surface area (Å²) >= 11 is 0. The van der Waals surface area contributed by atoms with Gasteiger partial charge in [0, 0.05) is 42.9 Å². The second kappa shape index (κ2) is 6.31. The monoisotopic (exact) mass is 337 g/mol. The van der Waals surface area contributed by atoms with Crippen LogP contribution >= 0.6 is 0 Å². The summed E-state index contributed by atoms with van der Waals surface area (Å²) in [5, 5.41) is 0. The van der Waals surface area contributed by atoms with E-state index in [0.717, 1.165) is 17.8 Å². The minimum Gasteiger partial charge on any atom is -0.400 e. The molecule has 0 fully saturated rings. The fraction of sp³-hybridized carbons (Fsp3) is 0.176. The van der Waals surface area contributed by atoms with Gasteiger partial charge in [-0.1, -0.05) is 0 Å². The number of rotatable bonds is 3. The van der Waals surface area contributed by atoms with Gasteiger partial charge in [-0.05, 0) is 18.2 Å². The first kappa shape index (κ1) is 15.3. The summed E-state index contributed by atoms with van der Waals surface area (Å²) in [5.41, 5.74) is 8.82. The van der Waals surface area contributed by atoms with Gasteiger partial charge in [0.2, 0.25) is 0 Å². The normalized spacial score (nSPS) is 17.4. The van der Waals surface area contributed by atoms with E-state index < -0.39 is 5.82 Å². The molecule has 0 saturated carbocycles. The van der Waals surface area contributed by atoms with Gasteiger partial charge in [-0.2, -0.15) is 0 Å². The highest BCUT2D eigenvalue weighted by atomic mass is 19.1. The van der Waals surface area contributed by atoms with Crippen LogP contribution in [0.4, 0.5) is 10.2 Å². The van der Waals surface area contributed by atoms with Crippen molar-refractivity contribution in [1.82, 2.24) is 24.9 Å². The molecule has 0 amide bonds. The number of H-pyrrole nitrogens is 1. The van der Waals surface area contributed by atoms with Crippen LogP contribution in [0.3, 0.4) is 0 Å².